The van der Waals surface area contributed by atoms with E-state index in [1.165, 1.54) is 12.1 Å². The molecule has 0 aliphatic rings. The van der Waals surface area contributed by atoms with Gasteiger partial charge >= 0.3 is 0 Å². The molecule has 134 valence electrons. The van der Waals surface area contributed by atoms with Crippen LogP contribution in [0, 0.1) is 12.7 Å². The summed E-state index contributed by atoms with van der Waals surface area (Å²) in [6.07, 6.45) is 3.41. The van der Waals surface area contributed by atoms with Gasteiger partial charge in [-0.25, -0.2) is 9.37 Å². The van der Waals surface area contributed by atoms with Crippen molar-refractivity contribution in [2.24, 2.45) is 0 Å². The Bertz CT molecular complexity index is 888. The number of aryl methyl sites for hydroxylation is 1. The van der Waals surface area contributed by atoms with E-state index in [1.807, 2.05) is 26.0 Å². The number of nitrogens with zero attached hydrogens (tertiary/aromatic N) is 3. The van der Waals surface area contributed by atoms with Gasteiger partial charge in [0, 0.05) is 35.8 Å². The molecule has 0 unspecified atom stereocenters. The third-order valence-electron chi connectivity index (χ3n) is 3.78. The third-order valence-corrected chi connectivity index (χ3v) is 3.78. The van der Waals surface area contributed by atoms with Crippen molar-refractivity contribution in [2.75, 3.05) is 17.2 Å². The molecule has 2 heterocycles. The van der Waals surface area contributed by atoms with Crippen molar-refractivity contribution in [3.8, 4) is 11.3 Å². The highest BCUT2D eigenvalue weighted by atomic mass is 19.1. The molecule has 0 spiro atoms. The Balaban J connectivity index is 1.98. The number of benzene rings is 1. The van der Waals surface area contributed by atoms with E-state index in [0.29, 0.717) is 17.5 Å². The fourth-order valence-corrected chi connectivity index (χ4v) is 2.41. The van der Waals surface area contributed by atoms with Crippen LogP contribution in [-0.2, 0) is 0 Å². The lowest BCUT2D eigenvalue weighted by molar-refractivity contribution is 0.281. The second kappa shape index (κ2) is 7.88. The molecule has 0 saturated carbocycles. The van der Waals surface area contributed by atoms with Crippen LogP contribution in [0.2, 0.25) is 0 Å². The predicted octanol–water partition coefficient (Wildman–Crippen LogP) is 3.52. The van der Waals surface area contributed by atoms with E-state index in [0.717, 1.165) is 16.8 Å². The van der Waals surface area contributed by atoms with Crippen molar-refractivity contribution < 1.29 is 9.50 Å². The lowest BCUT2D eigenvalue weighted by Crippen LogP contribution is -2.21. The summed E-state index contributed by atoms with van der Waals surface area (Å²) in [6, 6.07) is 9.86. The molecule has 0 saturated heterocycles. The number of pyridine rings is 1. The van der Waals surface area contributed by atoms with Crippen LogP contribution < -0.4 is 10.6 Å². The first-order valence-corrected chi connectivity index (χ1v) is 8.25. The van der Waals surface area contributed by atoms with Crippen LogP contribution in [0.1, 0.15) is 12.5 Å². The number of aliphatic hydroxyl groups excluding tert-OH is 1. The smallest absolute Gasteiger partial charge is 0.225 e. The summed E-state index contributed by atoms with van der Waals surface area (Å²) in [5.41, 5.74) is 3.05. The monoisotopic (exact) mass is 353 g/mol. The van der Waals surface area contributed by atoms with E-state index in [4.69, 9.17) is 0 Å². The molecule has 0 bridgehead atoms. The largest absolute Gasteiger partial charge is 0.394 e. The number of hydrogen-bond acceptors (Lipinski definition) is 6. The maximum Gasteiger partial charge on any atom is 0.225 e. The van der Waals surface area contributed by atoms with Gasteiger partial charge in [0.1, 0.15) is 11.6 Å². The second-order valence-electron chi connectivity index (χ2n) is 6.02. The van der Waals surface area contributed by atoms with Gasteiger partial charge in [-0.15, -0.1) is 0 Å². The Morgan fingerprint density at radius 1 is 1.19 bits per heavy atom. The molecule has 0 fully saturated rings. The third kappa shape index (κ3) is 4.31. The Morgan fingerprint density at radius 2 is 2.04 bits per heavy atom. The second-order valence-corrected chi connectivity index (χ2v) is 6.02. The molecule has 1 aromatic carbocycles. The van der Waals surface area contributed by atoms with Crippen molar-refractivity contribution >= 4 is 17.5 Å². The van der Waals surface area contributed by atoms with Crippen LogP contribution in [0.4, 0.5) is 21.8 Å². The SMILES string of the molecule is Cc1cc(F)ccc1Nc1cc(-c2cccnc2)nc(N[C@@H](C)CO)n1. The molecule has 6 nitrogen and oxygen atoms in total. The molecule has 0 aliphatic heterocycles. The van der Waals surface area contributed by atoms with Crippen LogP contribution in [-0.4, -0.2) is 32.7 Å². The van der Waals surface area contributed by atoms with Gasteiger partial charge in [-0.1, -0.05) is 0 Å². The van der Waals surface area contributed by atoms with Gasteiger partial charge in [-0.2, -0.15) is 4.98 Å². The van der Waals surface area contributed by atoms with Crippen LogP contribution in [0.3, 0.4) is 0 Å². The number of aliphatic hydroxyl groups is 1. The zero-order valence-corrected chi connectivity index (χ0v) is 14.6. The number of aromatic nitrogens is 3. The average molecular weight is 353 g/mol. The highest BCUT2D eigenvalue weighted by molar-refractivity contribution is 5.68. The summed E-state index contributed by atoms with van der Waals surface area (Å²) < 4.78 is 13.3. The lowest BCUT2D eigenvalue weighted by Gasteiger charge is -2.15. The Kier molecular flexibility index (Phi) is 5.38. The Labute approximate surface area is 151 Å². The van der Waals surface area contributed by atoms with E-state index in [2.05, 4.69) is 25.6 Å². The number of anilines is 3. The highest BCUT2D eigenvalue weighted by Crippen LogP contribution is 2.25. The summed E-state index contributed by atoms with van der Waals surface area (Å²) in [4.78, 5) is 13.1. The summed E-state index contributed by atoms with van der Waals surface area (Å²) in [7, 11) is 0. The molecule has 26 heavy (non-hydrogen) atoms. The van der Waals surface area contributed by atoms with E-state index in [9.17, 15) is 9.50 Å². The molecule has 3 rings (SSSR count). The van der Waals surface area contributed by atoms with Crippen molar-refractivity contribution in [1.82, 2.24) is 15.0 Å². The number of hydrogen-bond donors (Lipinski definition) is 3. The maximum absolute atomic E-state index is 13.3. The van der Waals surface area contributed by atoms with Crippen molar-refractivity contribution in [1.29, 1.82) is 0 Å². The summed E-state index contributed by atoms with van der Waals surface area (Å²) in [5, 5.41) is 15.5. The minimum Gasteiger partial charge on any atom is -0.394 e. The van der Waals surface area contributed by atoms with E-state index in [1.54, 1.807) is 24.5 Å². The first-order valence-electron chi connectivity index (χ1n) is 8.25. The number of rotatable bonds is 6. The topological polar surface area (TPSA) is 83.0 Å². The number of nitrogens with one attached hydrogen (secondary N) is 2. The van der Waals surface area contributed by atoms with E-state index >= 15 is 0 Å². The van der Waals surface area contributed by atoms with Gasteiger partial charge < -0.3 is 15.7 Å². The van der Waals surface area contributed by atoms with Crippen molar-refractivity contribution in [3.05, 3.63) is 60.2 Å². The Hall–Kier alpha value is -3.06. The first kappa shape index (κ1) is 17.8. The molecular formula is C19H20FN5O. The molecule has 2 aromatic heterocycles. The maximum atomic E-state index is 13.3. The fraction of sp³-hybridized carbons (Fsp3) is 0.211. The van der Waals surface area contributed by atoms with E-state index in [-0.39, 0.29) is 18.5 Å². The predicted molar refractivity (Wildman–Crippen MR) is 99.9 cm³/mol. The highest BCUT2D eigenvalue weighted by Gasteiger charge is 2.10. The Morgan fingerprint density at radius 3 is 2.73 bits per heavy atom. The fourth-order valence-electron chi connectivity index (χ4n) is 2.41. The van der Waals surface area contributed by atoms with Gasteiger partial charge in [0.25, 0.3) is 0 Å². The summed E-state index contributed by atoms with van der Waals surface area (Å²) in [6.45, 7) is 3.61. The van der Waals surface area contributed by atoms with Crippen LogP contribution >= 0.6 is 0 Å². The quantitative estimate of drug-likeness (QED) is 0.629. The molecule has 7 heteroatoms. The molecule has 0 radical (unpaired) electrons. The summed E-state index contributed by atoms with van der Waals surface area (Å²) >= 11 is 0. The van der Waals surface area contributed by atoms with Crippen molar-refractivity contribution in [3.63, 3.8) is 0 Å². The van der Waals surface area contributed by atoms with Crippen molar-refractivity contribution in [2.45, 2.75) is 19.9 Å². The molecular weight excluding hydrogens is 333 g/mol. The minimum atomic E-state index is -0.286. The first-order chi connectivity index (χ1) is 12.5. The van der Waals surface area contributed by atoms with Crippen LogP contribution in [0.5, 0.6) is 0 Å². The number of halogens is 1. The molecule has 1 atom stereocenters. The summed E-state index contributed by atoms with van der Waals surface area (Å²) in [5.74, 6) is 0.655. The zero-order chi connectivity index (χ0) is 18.5. The van der Waals surface area contributed by atoms with E-state index < -0.39 is 0 Å². The van der Waals surface area contributed by atoms with Gasteiger partial charge in [0.15, 0.2) is 0 Å². The van der Waals surface area contributed by atoms with Gasteiger partial charge in [0.2, 0.25) is 5.95 Å². The molecule has 0 aliphatic carbocycles. The lowest BCUT2D eigenvalue weighted by atomic mass is 10.2. The zero-order valence-electron chi connectivity index (χ0n) is 14.6. The molecule has 3 N–H and O–H groups in total. The van der Waals surface area contributed by atoms with Crippen LogP contribution in [0.15, 0.2) is 48.8 Å². The standard InChI is InChI=1S/C19H20FN5O/c1-12-8-15(20)5-6-16(12)23-18-9-17(14-4-3-7-21-10-14)24-19(25-18)22-13(2)11-26/h3-10,13,26H,11H2,1-2H3,(H2,22,23,24,25)/t13-/m0/s1. The molecule has 0 amide bonds. The minimum absolute atomic E-state index is 0.0414. The van der Waals surface area contributed by atoms with Crippen LogP contribution in [0.25, 0.3) is 11.3 Å². The average Bonchev–Trinajstić information content (AvgIpc) is 2.64. The van der Waals surface area contributed by atoms with Gasteiger partial charge in [-0.3, -0.25) is 4.98 Å². The normalized spacial score (nSPS) is 11.8. The molecule has 3 aromatic rings. The van der Waals surface area contributed by atoms with Gasteiger partial charge in [0.05, 0.1) is 12.3 Å². The van der Waals surface area contributed by atoms with Gasteiger partial charge in [-0.05, 0) is 49.7 Å².